The van der Waals surface area contributed by atoms with E-state index in [9.17, 15) is 9.59 Å². The highest BCUT2D eigenvalue weighted by Crippen LogP contribution is 2.32. The van der Waals surface area contributed by atoms with Gasteiger partial charge in [-0.3, -0.25) is 4.79 Å². The minimum absolute atomic E-state index is 0.0881. The second-order valence-corrected chi connectivity index (χ2v) is 8.47. The van der Waals surface area contributed by atoms with Crippen molar-refractivity contribution < 1.29 is 19.1 Å². The number of nitrogens with zero attached hydrogens (tertiary/aromatic N) is 1. The molecule has 1 amide bonds. The molecule has 164 valence electrons. The van der Waals surface area contributed by atoms with Gasteiger partial charge in [-0.15, -0.1) is 0 Å². The summed E-state index contributed by atoms with van der Waals surface area (Å²) in [5.74, 6) is -0.512. The maximum absolute atomic E-state index is 12.9. The minimum Gasteiger partial charge on any atom is -0.460 e. The van der Waals surface area contributed by atoms with E-state index >= 15 is 0 Å². The van der Waals surface area contributed by atoms with E-state index < -0.39 is 17.4 Å². The fourth-order valence-corrected chi connectivity index (χ4v) is 3.47. The molecular weight excluding hydrogens is 402 g/mol. The van der Waals surface area contributed by atoms with Crippen molar-refractivity contribution in [1.82, 2.24) is 10.2 Å². The van der Waals surface area contributed by atoms with Crippen LogP contribution < -0.4 is 10.6 Å². The SMILES string of the molecule is CCN1C(=S)NC(c2cccc(NC(=O)C(C)(C)C)c2)C(C(=O)OCCOC)=C1C. The molecule has 0 saturated carbocycles. The Kier molecular flexibility index (Phi) is 7.97. The number of amides is 1. The molecule has 1 atom stereocenters. The first-order chi connectivity index (χ1) is 14.1. The van der Waals surface area contributed by atoms with Gasteiger partial charge in [-0.25, -0.2) is 4.79 Å². The third kappa shape index (κ3) is 5.58. The Balaban J connectivity index is 2.40. The molecule has 0 aliphatic carbocycles. The molecule has 2 N–H and O–H groups in total. The van der Waals surface area contributed by atoms with Gasteiger partial charge in [0.05, 0.1) is 18.2 Å². The zero-order valence-electron chi connectivity index (χ0n) is 18.5. The second kappa shape index (κ2) is 10.0. The molecule has 7 nitrogen and oxygen atoms in total. The Morgan fingerprint density at radius 1 is 1.27 bits per heavy atom. The molecule has 1 aromatic rings. The highest BCUT2D eigenvalue weighted by Gasteiger charge is 2.34. The smallest absolute Gasteiger partial charge is 0.338 e. The summed E-state index contributed by atoms with van der Waals surface area (Å²) in [6.45, 7) is 10.5. The van der Waals surface area contributed by atoms with Gasteiger partial charge in [0.15, 0.2) is 5.11 Å². The van der Waals surface area contributed by atoms with E-state index in [-0.39, 0.29) is 12.5 Å². The Morgan fingerprint density at radius 3 is 2.57 bits per heavy atom. The lowest BCUT2D eigenvalue weighted by Gasteiger charge is -2.37. The topological polar surface area (TPSA) is 79.9 Å². The molecule has 0 radical (unpaired) electrons. The van der Waals surface area contributed by atoms with Crippen molar-refractivity contribution >= 4 is 34.9 Å². The van der Waals surface area contributed by atoms with Gasteiger partial charge in [0.25, 0.3) is 0 Å². The van der Waals surface area contributed by atoms with E-state index in [1.165, 1.54) is 0 Å². The van der Waals surface area contributed by atoms with Crippen LogP contribution >= 0.6 is 12.2 Å². The van der Waals surface area contributed by atoms with Crippen LogP contribution in [0.1, 0.15) is 46.2 Å². The van der Waals surface area contributed by atoms with Crippen LogP contribution in [-0.4, -0.2) is 48.8 Å². The Hall–Kier alpha value is -2.45. The third-order valence-corrected chi connectivity index (χ3v) is 5.15. The van der Waals surface area contributed by atoms with Gasteiger partial charge < -0.3 is 25.0 Å². The van der Waals surface area contributed by atoms with Crippen LogP contribution in [0.3, 0.4) is 0 Å². The molecule has 1 unspecified atom stereocenters. The Bertz CT molecular complexity index is 845. The van der Waals surface area contributed by atoms with E-state index in [0.29, 0.717) is 29.5 Å². The van der Waals surface area contributed by atoms with E-state index in [0.717, 1.165) is 11.3 Å². The number of allylic oxidation sites excluding steroid dienone is 1. The summed E-state index contributed by atoms with van der Waals surface area (Å²) in [5.41, 5.74) is 2.18. The molecule has 1 aliphatic heterocycles. The maximum atomic E-state index is 12.9. The van der Waals surface area contributed by atoms with Gasteiger partial charge in [0, 0.05) is 30.5 Å². The van der Waals surface area contributed by atoms with Crippen LogP contribution in [0.4, 0.5) is 5.69 Å². The minimum atomic E-state index is -0.519. The fourth-order valence-electron chi connectivity index (χ4n) is 3.09. The van der Waals surface area contributed by atoms with Gasteiger partial charge in [-0.2, -0.15) is 0 Å². The number of hydrogen-bond donors (Lipinski definition) is 2. The number of nitrogens with one attached hydrogen (secondary N) is 2. The molecule has 1 aromatic carbocycles. The number of ether oxygens (including phenoxy) is 2. The van der Waals surface area contributed by atoms with Crippen molar-refractivity contribution in [3.63, 3.8) is 0 Å². The van der Waals surface area contributed by atoms with Gasteiger partial charge in [0.1, 0.15) is 6.61 Å². The average molecular weight is 434 g/mol. The van der Waals surface area contributed by atoms with Crippen molar-refractivity contribution in [2.45, 2.75) is 40.7 Å². The van der Waals surface area contributed by atoms with E-state index in [1.54, 1.807) is 7.11 Å². The number of rotatable bonds is 7. The molecule has 0 spiro atoms. The number of benzene rings is 1. The van der Waals surface area contributed by atoms with Gasteiger partial charge in [-0.05, 0) is 43.8 Å². The van der Waals surface area contributed by atoms with Gasteiger partial charge in [0.2, 0.25) is 5.91 Å². The fraction of sp³-hybridized carbons (Fsp3) is 0.500. The summed E-state index contributed by atoms with van der Waals surface area (Å²) >= 11 is 5.52. The lowest BCUT2D eigenvalue weighted by molar-refractivity contribution is -0.140. The number of hydrogen-bond acceptors (Lipinski definition) is 5. The maximum Gasteiger partial charge on any atom is 0.338 e. The van der Waals surface area contributed by atoms with Crippen LogP contribution in [0.25, 0.3) is 0 Å². The first-order valence-electron chi connectivity index (χ1n) is 9.96. The molecule has 0 fully saturated rings. The third-order valence-electron chi connectivity index (χ3n) is 4.81. The summed E-state index contributed by atoms with van der Waals surface area (Å²) in [6.07, 6.45) is 0. The van der Waals surface area contributed by atoms with Crippen LogP contribution in [-0.2, 0) is 19.1 Å². The number of esters is 1. The van der Waals surface area contributed by atoms with Crippen molar-refractivity contribution in [2.75, 3.05) is 32.2 Å². The predicted octanol–water partition coefficient (Wildman–Crippen LogP) is 3.39. The van der Waals surface area contributed by atoms with Crippen LogP contribution in [0.5, 0.6) is 0 Å². The highest BCUT2D eigenvalue weighted by molar-refractivity contribution is 7.80. The lowest BCUT2D eigenvalue weighted by Crippen LogP contribution is -2.47. The first-order valence-corrected chi connectivity index (χ1v) is 10.4. The van der Waals surface area contributed by atoms with Crippen molar-refractivity contribution in [3.8, 4) is 0 Å². The zero-order chi connectivity index (χ0) is 22.5. The van der Waals surface area contributed by atoms with Crippen LogP contribution in [0.15, 0.2) is 35.5 Å². The van der Waals surface area contributed by atoms with Crippen molar-refractivity contribution in [3.05, 3.63) is 41.1 Å². The quantitative estimate of drug-likeness (QED) is 0.388. The molecule has 1 heterocycles. The molecule has 30 heavy (non-hydrogen) atoms. The normalized spacial score (nSPS) is 16.9. The predicted molar refractivity (Wildman–Crippen MR) is 121 cm³/mol. The van der Waals surface area contributed by atoms with E-state index in [4.69, 9.17) is 21.7 Å². The zero-order valence-corrected chi connectivity index (χ0v) is 19.3. The number of carbonyl (C=O) groups excluding carboxylic acids is 2. The molecule has 8 heteroatoms. The van der Waals surface area contributed by atoms with Crippen molar-refractivity contribution in [2.24, 2.45) is 5.41 Å². The first kappa shape index (κ1) is 23.8. The molecule has 0 aromatic heterocycles. The molecule has 2 rings (SSSR count). The standard InChI is InChI=1S/C22H31N3O4S/c1-7-25-14(2)17(19(26)29-12-11-28-6)18(24-21(25)30)15-9-8-10-16(13-15)23-20(27)22(3,4)5/h8-10,13,18H,7,11-12H2,1-6H3,(H,23,27)(H,24,30). The largest absolute Gasteiger partial charge is 0.460 e. The molecule has 1 aliphatic rings. The average Bonchev–Trinajstić information content (AvgIpc) is 2.67. The highest BCUT2D eigenvalue weighted by atomic mass is 32.1. The lowest BCUT2D eigenvalue weighted by atomic mass is 9.93. The molecular formula is C22H31N3O4S. The summed E-state index contributed by atoms with van der Waals surface area (Å²) in [5, 5.41) is 6.72. The number of anilines is 1. The van der Waals surface area contributed by atoms with Crippen LogP contribution in [0, 0.1) is 5.41 Å². The Labute approximate surface area is 183 Å². The van der Waals surface area contributed by atoms with Crippen molar-refractivity contribution in [1.29, 1.82) is 0 Å². The van der Waals surface area contributed by atoms with E-state index in [1.807, 2.05) is 63.8 Å². The monoisotopic (exact) mass is 433 g/mol. The number of thiocarbonyl (C=S) groups is 1. The van der Waals surface area contributed by atoms with Crippen LogP contribution in [0.2, 0.25) is 0 Å². The summed E-state index contributed by atoms with van der Waals surface area (Å²) < 4.78 is 10.4. The Morgan fingerprint density at radius 2 is 1.97 bits per heavy atom. The molecule has 0 bridgehead atoms. The number of methoxy groups -OCH3 is 1. The summed E-state index contributed by atoms with van der Waals surface area (Å²) in [6, 6.07) is 6.92. The van der Waals surface area contributed by atoms with E-state index in [2.05, 4.69) is 10.6 Å². The van der Waals surface area contributed by atoms with Gasteiger partial charge >= 0.3 is 5.97 Å². The second-order valence-electron chi connectivity index (χ2n) is 8.08. The number of carbonyl (C=O) groups is 2. The summed E-state index contributed by atoms with van der Waals surface area (Å²) in [4.78, 5) is 27.2. The molecule has 0 saturated heterocycles. The van der Waals surface area contributed by atoms with Gasteiger partial charge in [-0.1, -0.05) is 32.9 Å². The summed E-state index contributed by atoms with van der Waals surface area (Å²) in [7, 11) is 1.55.